The zero-order valence-electron chi connectivity index (χ0n) is 12.4. The molecule has 2 rings (SSSR count). The SMILES string of the molecule is CC(C)c1cccc2c1C=CCC2(C(C)C)S(=O)(=O)O. The number of rotatable bonds is 3. The third kappa shape index (κ3) is 2.11. The lowest BCUT2D eigenvalue weighted by molar-refractivity contribution is 0.360. The lowest BCUT2D eigenvalue weighted by Gasteiger charge is -2.38. The summed E-state index contributed by atoms with van der Waals surface area (Å²) in [6.07, 6.45) is 4.16. The third-order valence-corrected chi connectivity index (χ3v) is 6.09. The Morgan fingerprint density at radius 3 is 2.35 bits per heavy atom. The van der Waals surface area contributed by atoms with E-state index in [9.17, 15) is 13.0 Å². The van der Waals surface area contributed by atoms with Crippen molar-refractivity contribution in [2.24, 2.45) is 5.92 Å². The standard InChI is InChI=1S/C16H22O3S/c1-11(2)13-7-5-9-15-14(13)8-6-10-16(15,12(3)4)20(17,18)19/h5-9,11-12H,10H2,1-4H3,(H,17,18,19). The first-order valence-corrected chi connectivity index (χ1v) is 8.42. The van der Waals surface area contributed by atoms with Crippen molar-refractivity contribution >= 4 is 16.2 Å². The molecular weight excluding hydrogens is 272 g/mol. The minimum atomic E-state index is -4.19. The summed E-state index contributed by atoms with van der Waals surface area (Å²) in [6, 6.07) is 5.74. The van der Waals surface area contributed by atoms with E-state index in [4.69, 9.17) is 0 Å². The summed E-state index contributed by atoms with van der Waals surface area (Å²) in [5, 5.41) is 0. The van der Waals surface area contributed by atoms with E-state index in [1.807, 2.05) is 44.2 Å². The van der Waals surface area contributed by atoms with E-state index in [0.717, 1.165) is 16.7 Å². The molecule has 1 N–H and O–H groups in total. The van der Waals surface area contributed by atoms with E-state index in [1.165, 1.54) is 0 Å². The minimum Gasteiger partial charge on any atom is -0.285 e. The molecule has 1 aromatic rings. The molecule has 0 saturated heterocycles. The smallest absolute Gasteiger partial charge is 0.275 e. The van der Waals surface area contributed by atoms with E-state index in [0.29, 0.717) is 12.3 Å². The van der Waals surface area contributed by atoms with E-state index in [2.05, 4.69) is 13.8 Å². The average Bonchev–Trinajstić information content (AvgIpc) is 2.35. The van der Waals surface area contributed by atoms with Crippen LogP contribution in [0.4, 0.5) is 0 Å². The lowest BCUT2D eigenvalue weighted by atomic mass is 9.76. The minimum absolute atomic E-state index is 0.205. The molecule has 0 aromatic heterocycles. The fourth-order valence-corrected chi connectivity index (χ4v) is 4.55. The third-order valence-electron chi connectivity index (χ3n) is 4.32. The Morgan fingerprint density at radius 2 is 1.85 bits per heavy atom. The topological polar surface area (TPSA) is 54.4 Å². The van der Waals surface area contributed by atoms with Crippen LogP contribution in [0.3, 0.4) is 0 Å². The lowest BCUT2D eigenvalue weighted by Crippen LogP contribution is -2.42. The van der Waals surface area contributed by atoms with Gasteiger partial charge in [-0.1, -0.05) is 58.0 Å². The molecule has 0 fully saturated rings. The predicted molar refractivity (Wildman–Crippen MR) is 82.2 cm³/mol. The van der Waals surface area contributed by atoms with Gasteiger partial charge in [-0.2, -0.15) is 8.42 Å². The highest BCUT2D eigenvalue weighted by Gasteiger charge is 2.49. The fourth-order valence-electron chi connectivity index (χ4n) is 3.19. The molecule has 1 aromatic carbocycles. The van der Waals surface area contributed by atoms with Gasteiger partial charge in [0.05, 0.1) is 0 Å². The Balaban J connectivity index is 2.82. The van der Waals surface area contributed by atoms with Gasteiger partial charge in [0, 0.05) is 0 Å². The van der Waals surface area contributed by atoms with Crippen molar-refractivity contribution in [3.8, 4) is 0 Å². The second-order valence-electron chi connectivity index (χ2n) is 6.09. The zero-order chi connectivity index (χ0) is 15.1. The van der Waals surface area contributed by atoms with E-state index < -0.39 is 14.9 Å². The van der Waals surface area contributed by atoms with Crippen molar-refractivity contribution in [3.63, 3.8) is 0 Å². The Morgan fingerprint density at radius 1 is 1.20 bits per heavy atom. The molecule has 0 heterocycles. The normalized spacial score (nSPS) is 22.4. The molecule has 1 aliphatic rings. The predicted octanol–water partition coefficient (Wildman–Crippen LogP) is 3.97. The molecule has 1 atom stereocenters. The number of hydrogen-bond acceptors (Lipinski definition) is 2. The van der Waals surface area contributed by atoms with E-state index in [-0.39, 0.29) is 5.92 Å². The first-order valence-electron chi connectivity index (χ1n) is 6.98. The molecule has 0 saturated carbocycles. The van der Waals surface area contributed by atoms with Crippen LogP contribution in [0.25, 0.3) is 6.08 Å². The summed E-state index contributed by atoms with van der Waals surface area (Å²) < 4.78 is 32.9. The molecule has 4 heteroatoms. The van der Waals surface area contributed by atoms with Crippen LogP contribution in [-0.2, 0) is 14.9 Å². The summed E-state index contributed by atoms with van der Waals surface area (Å²) in [4.78, 5) is 0. The van der Waals surface area contributed by atoms with Crippen molar-refractivity contribution < 1.29 is 13.0 Å². The van der Waals surface area contributed by atoms with Crippen LogP contribution in [0.15, 0.2) is 24.3 Å². The molecule has 3 nitrogen and oxygen atoms in total. The Kier molecular flexibility index (Phi) is 3.82. The Bertz CT molecular complexity index is 642. The summed E-state index contributed by atoms with van der Waals surface area (Å²) >= 11 is 0. The highest BCUT2D eigenvalue weighted by molar-refractivity contribution is 7.86. The Hall–Kier alpha value is -1.13. The maximum Gasteiger partial charge on any atom is 0.275 e. The van der Waals surface area contributed by atoms with Gasteiger partial charge in [0.15, 0.2) is 0 Å². The van der Waals surface area contributed by atoms with Gasteiger partial charge in [0.2, 0.25) is 0 Å². The quantitative estimate of drug-likeness (QED) is 0.858. The molecule has 110 valence electrons. The van der Waals surface area contributed by atoms with Crippen LogP contribution in [0.5, 0.6) is 0 Å². The highest BCUT2D eigenvalue weighted by atomic mass is 32.2. The monoisotopic (exact) mass is 294 g/mol. The molecule has 20 heavy (non-hydrogen) atoms. The fraction of sp³-hybridized carbons (Fsp3) is 0.500. The zero-order valence-corrected chi connectivity index (χ0v) is 13.2. The number of benzene rings is 1. The van der Waals surface area contributed by atoms with Gasteiger partial charge in [-0.05, 0) is 34.9 Å². The van der Waals surface area contributed by atoms with Crippen molar-refractivity contribution in [3.05, 3.63) is 41.0 Å². The molecule has 0 bridgehead atoms. The second kappa shape index (κ2) is 5.01. The number of allylic oxidation sites excluding steroid dienone is 1. The van der Waals surface area contributed by atoms with Gasteiger partial charge in [-0.15, -0.1) is 0 Å². The molecular formula is C16H22O3S. The van der Waals surface area contributed by atoms with Crippen molar-refractivity contribution in [2.75, 3.05) is 0 Å². The van der Waals surface area contributed by atoms with E-state index >= 15 is 0 Å². The summed E-state index contributed by atoms with van der Waals surface area (Å²) in [6.45, 7) is 7.86. The van der Waals surface area contributed by atoms with Gasteiger partial charge in [0.1, 0.15) is 4.75 Å². The van der Waals surface area contributed by atoms with Crippen LogP contribution >= 0.6 is 0 Å². The van der Waals surface area contributed by atoms with Gasteiger partial charge < -0.3 is 0 Å². The van der Waals surface area contributed by atoms with Crippen molar-refractivity contribution in [1.82, 2.24) is 0 Å². The molecule has 1 unspecified atom stereocenters. The first kappa shape index (κ1) is 15.3. The van der Waals surface area contributed by atoms with Gasteiger partial charge >= 0.3 is 0 Å². The van der Waals surface area contributed by atoms with Gasteiger partial charge in [-0.3, -0.25) is 4.55 Å². The van der Waals surface area contributed by atoms with Gasteiger partial charge in [0.25, 0.3) is 10.1 Å². The average molecular weight is 294 g/mol. The Labute approximate surface area is 121 Å². The van der Waals surface area contributed by atoms with Crippen LogP contribution in [0.1, 0.15) is 56.7 Å². The first-order chi connectivity index (χ1) is 9.22. The van der Waals surface area contributed by atoms with Gasteiger partial charge in [-0.25, -0.2) is 0 Å². The largest absolute Gasteiger partial charge is 0.285 e. The number of fused-ring (bicyclic) bond motifs is 1. The highest BCUT2D eigenvalue weighted by Crippen LogP contribution is 2.46. The van der Waals surface area contributed by atoms with Crippen LogP contribution in [-0.4, -0.2) is 13.0 Å². The van der Waals surface area contributed by atoms with Crippen LogP contribution in [0, 0.1) is 5.92 Å². The molecule has 0 radical (unpaired) electrons. The summed E-state index contributed by atoms with van der Waals surface area (Å²) in [5.41, 5.74) is 2.79. The van der Waals surface area contributed by atoms with E-state index in [1.54, 1.807) is 0 Å². The molecule has 0 amide bonds. The summed E-state index contributed by atoms with van der Waals surface area (Å²) in [7, 11) is -4.19. The van der Waals surface area contributed by atoms with Crippen molar-refractivity contribution in [2.45, 2.75) is 44.8 Å². The van der Waals surface area contributed by atoms with Crippen LogP contribution < -0.4 is 0 Å². The van der Waals surface area contributed by atoms with Crippen molar-refractivity contribution in [1.29, 1.82) is 0 Å². The number of hydrogen-bond donors (Lipinski definition) is 1. The second-order valence-corrected chi connectivity index (χ2v) is 7.77. The van der Waals surface area contributed by atoms with Crippen LogP contribution in [0.2, 0.25) is 0 Å². The molecule has 0 spiro atoms. The maximum atomic E-state index is 12.1. The maximum absolute atomic E-state index is 12.1. The molecule has 0 aliphatic heterocycles. The molecule has 1 aliphatic carbocycles. The summed E-state index contributed by atoms with van der Waals surface area (Å²) in [5.74, 6) is 0.0996.